The lowest BCUT2D eigenvalue weighted by atomic mass is 10.0. The maximum atomic E-state index is 2.44. The van der Waals surface area contributed by atoms with E-state index in [2.05, 4.69) is 431 Å². The molecule has 0 bridgehead atoms. The van der Waals surface area contributed by atoms with Gasteiger partial charge < -0.3 is 18.3 Å². The molecular formula is C104H68N4. The van der Waals surface area contributed by atoms with E-state index >= 15 is 0 Å². The molecule has 0 radical (unpaired) electrons. The molecule has 22 aromatic rings. The Morgan fingerprint density at radius 2 is 0.352 bits per heavy atom. The van der Waals surface area contributed by atoms with Crippen molar-refractivity contribution in [3.05, 3.63) is 413 Å². The van der Waals surface area contributed by atoms with E-state index in [-0.39, 0.29) is 0 Å². The van der Waals surface area contributed by atoms with Gasteiger partial charge in [-0.15, -0.1) is 0 Å². The number of rotatable bonds is 10. The normalized spacial score (nSPS) is 11.7. The van der Waals surface area contributed by atoms with Crippen LogP contribution in [0.3, 0.4) is 0 Å². The van der Waals surface area contributed by atoms with Gasteiger partial charge in [-0.3, -0.25) is 0 Å². The zero-order valence-corrected chi connectivity index (χ0v) is 59.0. The van der Waals surface area contributed by atoms with Crippen LogP contribution in [0.1, 0.15) is 0 Å². The lowest BCUT2D eigenvalue weighted by molar-refractivity contribution is 1.17. The zero-order chi connectivity index (χ0) is 71.2. The summed E-state index contributed by atoms with van der Waals surface area (Å²) >= 11 is 0. The highest BCUT2D eigenvalue weighted by molar-refractivity contribution is 6.30. The number of aromatic nitrogens is 4. The van der Waals surface area contributed by atoms with Gasteiger partial charge in [0.05, 0.1) is 44.1 Å². The summed E-state index contributed by atoms with van der Waals surface area (Å²) in [5.41, 5.74) is 28.9. The predicted octanol–water partition coefficient (Wildman–Crippen LogP) is 28.1. The fourth-order valence-corrected chi connectivity index (χ4v) is 17.1. The van der Waals surface area contributed by atoms with Crippen molar-refractivity contribution in [2.75, 3.05) is 0 Å². The van der Waals surface area contributed by atoms with Gasteiger partial charge in [-0.25, -0.2) is 0 Å². The highest BCUT2D eigenvalue weighted by Crippen LogP contribution is 2.46. The highest BCUT2D eigenvalue weighted by Gasteiger charge is 2.24. The molecule has 504 valence electrons. The van der Waals surface area contributed by atoms with Gasteiger partial charge >= 0.3 is 0 Å². The van der Waals surface area contributed by atoms with Crippen molar-refractivity contribution in [2.24, 2.45) is 0 Å². The monoisotopic (exact) mass is 1370 g/mol. The molecule has 0 saturated carbocycles. The van der Waals surface area contributed by atoms with Crippen LogP contribution in [0.25, 0.3) is 198 Å². The second-order valence-electron chi connectivity index (χ2n) is 28.3. The van der Waals surface area contributed by atoms with Gasteiger partial charge in [0.1, 0.15) is 0 Å². The molecule has 0 unspecified atom stereocenters. The van der Waals surface area contributed by atoms with E-state index in [0.29, 0.717) is 0 Å². The number of hydrogen-bond acceptors (Lipinski definition) is 0. The Balaban J connectivity index is 0.000000138. The van der Waals surface area contributed by atoms with E-state index in [4.69, 9.17) is 0 Å². The second-order valence-corrected chi connectivity index (χ2v) is 28.3. The van der Waals surface area contributed by atoms with Gasteiger partial charge in [0.25, 0.3) is 0 Å². The van der Waals surface area contributed by atoms with Gasteiger partial charge in [0.15, 0.2) is 0 Å². The number of para-hydroxylation sites is 4. The third kappa shape index (κ3) is 10.5. The van der Waals surface area contributed by atoms with E-state index in [1.54, 1.807) is 0 Å². The maximum Gasteiger partial charge on any atom is 0.0548 e. The molecule has 22 rings (SSSR count). The van der Waals surface area contributed by atoms with Crippen LogP contribution in [0, 0.1) is 0 Å². The molecular weight excluding hydrogens is 1310 g/mol. The van der Waals surface area contributed by atoms with Crippen LogP contribution in [0.5, 0.6) is 0 Å². The summed E-state index contributed by atoms with van der Waals surface area (Å²) in [6.45, 7) is 0. The topological polar surface area (TPSA) is 19.7 Å². The van der Waals surface area contributed by atoms with Gasteiger partial charge in [-0.2, -0.15) is 0 Å². The van der Waals surface area contributed by atoms with Crippen molar-refractivity contribution in [1.29, 1.82) is 0 Å². The van der Waals surface area contributed by atoms with Crippen molar-refractivity contribution in [2.45, 2.75) is 0 Å². The van der Waals surface area contributed by atoms with Crippen LogP contribution in [-0.4, -0.2) is 18.3 Å². The van der Waals surface area contributed by atoms with Crippen molar-refractivity contribution in [1.82, 2.24) is 18.3 Å². The molecule has 0 atom stereocenters. The van der Waals surface area contributed by atoms with Gasteiger partial charge in [-0.05, 0) is 198 Å². The third-order valence-electron chi connectivity index (χ3n) is 22.2. The fourth-order valence-electron chi connectivity index (χ4n) is 17.1. The lowest BCUT2D eigenvalue weighted by Crippen LogP contribution is -1.95. The summed E-state index contributed by atoms with van der Waals surface area (Å²) < 4.78 is 9.73. The van der Waals surface area contributed by atoms with Gasteiger partial charge in [-0.1, -0.05) is 303 Å². The smallest absolute Gasteiger partial charge is 0.0548 e. The van der Waals surface area contributed by atoms with Crippen molar-refractivity contribution in [3.8, 4) is 89.5 Å². The van der Waals surface area contributed by atoms with Crippen LogP contribution >= 0.6 is 0 Å². The SMILES string of the molecule is c1ccc(-c2ccc(-c3ccc(-n4c5ccccc5c5c6c7ccccc7n(-c7ccc(-c8ccc9ccccc9c8)cc7)c6ccc54)cc3)cc2)cc1.c1ccc(-c2ccc(-c3ccc(-n4c5ccccc5c5c6c7ccccc7n(-c7cccc(-c8ccc9ccccc9c8)c7)c6ccc54)cc3)cc2)cc1. The third-order valence-corrected chi connectivity index (χ3v) is 22.2. The van der Waals surface area contributed by atoms with E-state index < -0.39 is 0 Å². The predicted molar refractivity (Wildman–Crippen MR) is 458 cm³/mol. The minimum atomic E-state index is 1.15. The molecule has 0 aliphatic rings. The average molecular weight is 1370 g/mol. The molecule has 4 heterocycles. The van der Waals surface area contributed by atoms with Crippen molar-refractivity contribution in [3.63, 3.8) is 0 Å². The summed E-state index contributed by atoms with van der Waals surface area (Å²) in [4.78, 5) is 0. The summed E-state index contributed by atoms with van der Waals surface area (Å²) in [5, 5.41) is 15.2. The molecule has 0 aliphatic carbocycles. The van der Waals surface area contributed by atoms with E-state index in [0.717, 1.165) is 22.7 Å². The first-order valence-electron chi connectivity index (χ1n) is 37.2. The van der Waals surface area contributed by atoms with Crippen molar-refractivity contribution >= 4 is 109 Å². The largest absolute Gasteiger partial charge is 0.309 e. The number of hydrogen-bond donors (Lipinski definition) is 0. The maximum absolute atomic E-state index is 2.44. The molecule has 0 N–H and O–H groups in total. The fraction of sp³-hybridized carbons (Fsp3) is 0. The van der Waals surface area contributed by atoms with Crippen LogP contribution in [0.4, 0.5) is 0 Å². The Kier molecular flexibility index (Phi) is 14.9. The summed E-state index contributed by atoms with van der Waals surface area (Å²) in [7, 11) is 0. The molecule has 0 saturated heterocycles. The highest BCUT2D eigenvalue weighted by atomic mass is 15.0. The Hall–Kier alpha value is -14.3. The zero-order valence-electron chi connectivity index (χ0n) is 59.0. The van der Waals surface area contributed by atoms with Crippen LogP contribution in [-0.2, 0) is 0 Å². The van der Waals surface area contributed by atoms with Crippen molar-refractivity contribution < 1.29 is 0 Å². The lowest BCUT2D eigenvalue weighted by Gasteiger charge is -2.12. The molecule has 0 aliphatic heterocycles. The van der Waals surface area contributed by atoms with Crippen LogP contribution in [0.2, 0.25) is 0 Å². The van der Waals surface area contributed by atoms with E-state index in [9.17, 15) is 0 Å². The minimum absolute atomic E-state index is 1.15. The van der Waals surface area contributed by atoms with Crippen LogP contribution < -0.4 is 0 Å². The first-order chi connectivity index (χ1) is 53.6. The summed E-state index contributed by atoms with van der Waals surface area (Å²) in [6, 6.07) is 150. The molecule has 18 aromatic carbocycles. The molecule has 0 fully saturated rings. The average Bonchev–Trinajstić information content (AvgIpc) is 1.55. The standard InChI is InChI=1S/2C52H34N2/c1-2-11-35(12-3-1)37-21-23-38(24-22-37)39-27-29-43(30-28-39)53-47-19-8-6-17-45(47)51-49(53)31-32-50-52(51)46-18-7-9-20-48(46)54(50)44-16-10-15-41(34-44)42-26-25-36-13-4-5-14-40(36)33-42;1-2-10-35(11-3-1)37-18-20-38(21-19-37)39-24-28-43(29-25-39)53-47-16-8-6-14-45(47)51-49(53)32-33-50-52(51)46-15-7-9-17-48(46)54(50)44-30-26-40(27-31-44)42-23-22-36-12-4-5-13-41(36)34-42/h2*1-34H. The Bertz CT molecular complexity index is 7220. The van der Waals surface area contributed by atoms with Gasteiger partial charge in [0, 0.05) is 65.8 Å². The molecule has 108 heavy (non-hydrogen) atoms. The molecule has 4 aromatic heterocycles. The minimum Gasteiger partial charge on any atom is -0.309 e. The molecule has 4 nitrogen and oxygen atoms in total. The summed E-state index contributed by atoms with van der Waals surface area (Å²) in [6.07, 6.45) is 0. The Morgan fingerprint density at radius 3 is 0.694 bits per heavy atom. The van der Waals surface area contributed by atoms with Gasteiger partial charge in [0.2, 0.25) is 0 Å². The number of nitrogens with zero attached hydrogens (tertiary/aromatic N) is 4. The second kappa shape index (κ2) is 25.8. The number of fused-ring (bicyclic) bond motifs is 16. The Labute approximate surface area is 625 Å². The van der Waals surface area contributed by atoms with E-state index in [1.165, 1.54) is 176 Å². The Morgan fingerprint density at radius 1 is 0.120 bits per heavy atom. The molecule has 0 spiro atoms. The van der Waals surface area contributed by atoms with Crippen LogP contribution in [0.15, 0.2) is 413 Å². The summed E-state index contributed by atoms with van der Waals surface area (Å²) in [5.74, 6) is 0. The van der Waals surface area contributed by atoms with E-state index in [1.807, 2.05) is 0 Å². The number of benzene rings is 18. The first kappa shape index (κ1) is 62.3. The first-order valence-corrected chi connectivity index (χ1v) is 37.2. The molecule has 0 amide bonds. The quantitative estimate of drug-likeness (QED) is 0.130. The molecule has 4 heteroatoms.